The number of carbonyl (C=O) groups is 3. The predicted octanol–water partition coefficient (Wildman–Crippen LogP) is 3.10. The SMILES string of the molecule is CCOC(=O)C(=O)CC(=O)c1c[nH]c2cc(F)c(Cc3ccc(F)cc3)cc2c1=O. The third-order valence-electron chi connectivity index (χ3n) is 4.48. The Balaban J connectivity index is 1.94. The van der Waals surface area contributed by atoms with Gasteiger partial charge in [-0.3, -0.25) is 14.4 Å². The molecule has 30 heavy (non-hydrogen) atoms. The van der Waals surface area contributed by atoms with Crippen LogP contribution in [-0.2, 0) is 20.7 Å². The first-order valence-corrected chi connectivity index (χ1v) is 9.11. The van der Waals surface area contributed by atoms with Crippen LogP contribution < -0.4 is 5.43 Å². The fourth-order valence-corrected chi connectivity index (χ4v) is 2.98. The van der Waals surface area contributed by atoms with Gasteiger partial charge in [0.1, 0.15) is 11.6 Å². The highest BCUT2D eigenvalue weighted by Crippen LogP contribution is 2.19. The summed E-state index contributed by atoms with van der Waals surface area (Å²) < 4.78 is 32.1. The van der Waals surface area contributed by atoms with Crippen LogP contribution in [0.4, 0.5) is 8.78 Å². The van der Waals surface area contributed by atoms with E-state index in [1.807, 2.05) is 0 Å². The minimum absolute atomic E-state index is 0.0162. The van der Waals surface area contributed by atoms with E-state index in [0.717, 1.165) is 12.3 Å². The van der Waals surface area contributed by atoms with Gasteiger partial charge >= 0.3 is 5.97 Å². The molecule has 0 amide bonds. The van der Waals surface area contributed by atoms with Crippen LogP contribution in [0.3, 0.4) is 0 Å². The molecular formula is C22H17F2NO5. The number of fused-ring (bicyclic) bond motifs is 1. The molecule has 0 aliphatic heterocycles. The van der Waals surface area contributed by atoms with Crippen LogP contribution in [-0.4, -0.2) is 29.1 Å². The summed E-state index contributed by atoms with van der Waals surface area (Å²) in [5, 5.41) is 0.0583. The number of rotatable bonds is 7. The Hall–Kier alpha value is -3.68. The fourth-order valence-electron chi connectivity index (χ4n) is 2.98. The van der Waals surface area contributed by atoms with Crippen LogP contribution in [0.25, 0.3) is 10.9 Å². The molecule has 0 atom stereocenters. The first-order chi connectivity index (χ1) is 14.3. The highest BCUT2D eigenvalue weighted by molar-refractivity contribution is 6.38. The monoisotopic (exact) mass is 413 g/mol. The summed E-state index contributed by atoms with van der Waals surface area (Å²) in [6, 6.07) is 7.95. The van der Waals surface area contributed by atoms with Gasteiger partial charge in [-0.1, -0.05) is 12.1 Å². The van der Waals surface area contributed by atoms with E-state index in [9.17, 15) is 28.0 Å². The Bertz CT molecular complexity index is 1200. The average Bonchev–Trinajstić information content (AvgIpc) is 2.71. The molecule has 0 bridgehead atoms. The number of esters is 1. The van der Waals surface area contributed by atoms with Crippen LogP contribution in [0.15, 0.2) is 47.4 Å². The lowest BCUT2D eigenvalue weighted by atomic mass is 10.00. The number of benzene rings is 2. The zero-order valence-corrected chi connectivity index (χ0v) is 16.0. The molecule has 0 saturated heterocycles. The summed E-state index contributed by atoms with van der Waals surface area (Å²) in [7, 11) is 0. The molecular weight excluding hydrogens is 396 g/mol. The van der Waals surface area contributed by atoms with Gasteiger partial charge in [0, 0.05) is 18.0 Å². The van der Waals surface area contributed by atoms with Crippen molar-refractivity contribution in [1.29, 1.82) is 0 Å². The quantitative estimate of drug-likeness (QED) is 0.278. The van der Waals surface area contributed by atoms with E-state index in [4.69, 9.17) is 0 Å². The van der Waals surface area contributed by atoms with Crippen molar-refractivity contribution in [2.75, 3.05) is 6.61 Å². The molecule has 0 saturated carbocycles. The summed E-state index contributed by atoms with van der Waals surface area (Å²) in [6.07, 6.45) is 0.391. The first kappa shape index (κ1) is 21.0. The first-order valence-electron chi connectivity index (χ1n) is 9.11. The number of H-pyrrole nitrogens is 1. The summed E-state index contributed by atoms with van der Waals surface area (Å²) in [5.74, 6) is -4.04. The number of aromatic nitrogens is 1. The lowest BCUT2D eigenvalue weighted by molar-refractivity contribution is -0.153. The minimum atomic E-state index is -1.15. The van der Waals surface area contributed by atoms with E-state index in [0.29, 0.717) is 5.56 Å². The van der Waals surface area contributed by atoms with Crippen molar-refractivity contribution < 1.29 is 27.9 Å². The van der Waals surface area contributed by atoms with Crippen molar-refractivity contribution in [1.82, 2.24) is 4.98 Å². The Morgan fingerprint density at radius 1 is 1.07 bits per heavy atom. The Morgan fingerprint density at radius 3 is 2.43 bits per heavy atom. The topological polar surface area (TPSA) is 93.3 Å². The number of Topliss-reactive ketones (excluding diaryl/α,β-unsaturated/α-hetero) is 2. The highest BCUT2D eigenvalue weighted by atomic mass is 19.1. The molecule has 6 nitrogen and oxygen atoms in total. The second-order valence-corrected chi connectivity index (χ2v) is 6.57. The summed E-state index contributed by atoms with van der Waals surface area (Å²) in [5.41, 5.74) is -0.0102. The molecule has 0 aliphatic rings. The smallest absolute Gasteiger partial charge is 0.375 e. The summed E-state index contributed by atoms with van der Waals surface area (Å²) in [6.45, 7) is 1.50. The van der Waals surface area contributed by atoms with E-state index in [1.54, 1.807) is 0 Å². The highest BCUT2D eigenvalue weighted by Gasteiger charge is 2.22. The second-order valence-electron chi connectivity index (χ2n) is 6.57. The number of hydrogen-bond acceptors (Lipinski definition) is 5. The average molecular weight is 413 g/mol. The molecule has 1 heterocycles. The van der Waals surface area contributed by atoms with Gasteiger partial charge < -0.3 is 9.72 Å². The molecule has 154 valence electrons. The molecule has 0 radical (unpaired) electrons. The van der Waals surface area contributed by atoms with Gasteiger partial charge in [-0.05, 0) is 42.3 Å². The molecule has 1 aromatic heterocycles. The largest absolute Gasteiger partial charge is 0.460 e. The number of ketones is 2. The standard InChI is InChI=1S/C22H17F2NO5/c1-2-30-22(29)20(27)10-19(26)16-11-25-18-9-17(24)13(8-15(18)21(16)28)7-12-3-5-14(23)6-4-12/h3-6,8-9,11H,2,7,10H2,1H3,(H,25,28). The Labute approximate surface area is 169 Å². The van der Waals surface area contributed by atoms with Gasteiger partial charge in [0.25, 0.3) is 0 Å². The maximum Gasteiger partial charge on any atom is 0.375 e. The van der Waals surface area contributed by atoms with Crippen LogP contribution in [0.5, 0.6) is 0 Å². The van der Waals surface area contributed by atoms with Crippen molar-refractivity contribution in [3.05, 3.63) is 81.1 Å². The Kier molecular flexibility index (Phi) is 6.15. The van der Waals surface area contributed by atoms with E-state index in [2.05, 4.69) is 9.72 Å². The van der Waals surface area contributed by atoms with Crippen LogP contribution >= 0.6 is 0 Å². The normalized spacial score (nSPS) is 10.8. The maximum atomic E-state index is 14.4. The molecule has 3 aromatic rings. The predicted molar refractivity (Wildman–Crippen MR) is 104 cm³/mol. The van der Waals surface area contributed by atoms with Crippen LogP contribution in [0.1, 0.15) is 34.8 Å². The number of carbonyl (C=O) groups excluding carboxylic acids is 3. The molecule has 2 aromatic carbocycles. The van der Waals surface area contributed by atoms with Gasteiger partial charge in [0.15, 0.2) is 11.2 Å². The van der Waals surface area contributed by atoms with Crippen molar-refractivity contribution in [2.24, 2.45) is 0 Å². The van der Waals surface area contributed by atoms with Gasteiger partial charge in [0.2, 0.25) is 5.78 Å². The molecule has 8 heteroatoms. The lowest BCUT2D eigenvalue weighted by Crippen LogP contribution is -2.24. The van der Waals surface area contributed by atoms with E-state index < -0.39 is 41.0 Å². The molecule has 0 fully saturated rings. The van der Waals surface area contributed by atoms with Crippen molar-refractivity contribution in [2.45, 2.75) is 19.8 Å². The molecule has 1 N–H and O–H groups in total. The number of nitrogens with one attached hydrogen (secondary N) is 1. The number of pyridine rings is 1. The van der Waals surface area contributed by atoms with Crippen molar-refractivity contribution in [3.8, 4) is 0 Å². The van der Waals surface area contributed by atoms with E-state index >= 15 is 0 Å². The third kappa shape index (κ3) is 4.48. The van der Waals surface area contributed by atoms with E-state index in [1.165, 1.54) is 37.3 Å². The van der Waals surface area contributed by atoms with Gasteiger partial charge in [-0.15, -0.1) is 0 Å². The molecule has 0 unspecified atom stereocenters. The van der Waals surface area contributed by atoms with Crippen LogP contribution in [0, 0.1) is 11.6 Å². The van der Waals surface area contributed by atoms with Gasteiger partial charge in [-0.25, -0.2) is 13.6 Å². The summed E-state index contributed by atoms with van der Waals surface area (Å²) in [4.78, 5) is 50.9. The zero-order chi connectivity index (χ0) is 21.8. The second kappa shape index (κ2) is 8.77. The number of halogens is 2. The number of ether oxygens (including phenoxy) is 1. The lowest BCUT2D eigenvalue weighted by Gasteiger charge is -2.08. The number of hydrogen-bond donors (Lipinski definition) is 1. The van der Waals surface area contributed by atoms with Crippen LogP contribution in [0.2, 0.25) is 0 Å². The van der Waals surface area contributed by atoms with E-state index in [-0.39, 0.29) is 35.1 Å². The van der Waals surface area contributed by atoms with Crippen molar-refractivity contribution >= 4 is 28.4 Å². The fraction of sp³-hybridized carbons (Fsp3) is 0.182. The maximum absolute atomic E-state index is 14.4. The number of aromatic amines is 1. The zero-order valence-electron chi connectivity index (χ0n) is 16.0. The van der Waals surface area contributed by atoms with Gasteiger partial charge in [-0.2, -0.15) is 0 Å². The Morgan fingerprint density at radius 2 is 1.77 bits per heavy atom. The molecule has 3 rings (SSSR count). The minimum Gasteiger partial charge on any atom is -0.460 e. The van der Waals surface area contributed by atoms with Gasteiger partial charge in [0.05, 0.1) is 24.1 Å². The third-order valence-corrected chi connectivity index (χ3v) is 4.48. The van der Waals surface area contributed by atoms with Crippen molar-refractivity contribution in [3.63, 3.8) is 0 Å². The summed E-state index contributed by atoms with van der Waals surface area (Å²) >= 11 is 0. The molecule has 0 aliphatic carbocycles. The molecule has 0 spiro atoms.